The van der Waals surface area contributed by atoms with Crippen molar-refractivity contribution < 1.29 is 4.79 Å². The molecule has 0 bridgehead atoms. The quantitative estimate of drug-likeness (QED) is 0.762. The summed E-state index contributed by atoms with van der Waals surface area (Å²) in [5.41, 5.74) is 1.75. The monoisotopic (exact) mass is 209 g/mol. The molecule has 0 aliphatic carbocycles. The van der Waals surface area contributed by atoms with Crippen LogP contribution in [0.3, 0.4) is 0 Å². The van der Waals surface area contributed by atoms with Crippen molar-refractivity contribution in [1.29, 1.82) is 0 Å². The summed E-state index contributed by atoms with van der Waals surface area (Å²) in [6.07, 6.45) is 0. The fourth-order valence-corrected chi connectivity index (χ4v) is 2.10. The van der Waals surface area contributed by atoms with Gasteiger partial charge in [0.1, 0.15) is 0 Å². The molecule has 0 saturated heterocycles. The number of nitrogens with one attached hydrogen (secondary N) is 1. The van der Waals surface area contributed by atoms with E-state index in [2.05, 4.69) is 11.9 Å². The predicted molar refractivity (Wildman–Crippen MR) is 60.9 cm³/mol. The summed E-state index contributed by atoms with van der Waals surface area (Å²) in [4.78, 5) is 13.9. The summed E-state index contributed by atoms with van der Waals surface area (Å²) < 4.78 is 0. The molecule has 1 rings (SSSR count). The molecule has 0 aliphatic rings. The number of carbonyl (C=O) groups is 1. The molecular formula is C11H15NOS. The van der Waals surface area contributed by atoms with Crippen LogP contribution in [-0.2, 0) is 0 Å². The average molecular weight is 209 g/mol. The van der Waals surface area contributed by atoms with Gasteiger partial charge in [-0.2, -0.15) is 0 Å². The summed E-state index contributed by atoms with van der Waals surface area (Å²) >= 11 is 1.65. The number of aryl methyl sites for hydroxylation is 2. The maximum Gasteiger partial charge on any atom is 0.252 e. The Morgan fingerprint density at radius 3 is 2.64 bits per heavy atom. The molecule has 2 nitrogen and oxygen atoms in total. The summed E-state index contributed by atoms with van der Waals surface area (Å²) in [5, 5.41) is 2.82. The lowest BCUT2D eigenvalue weighted by Gasteiger charge is -2.03. The van der Waals surface area contributed by atoms with Crippen LogP contribution in [0.4, 0.5) is 0 Å². The van der Waals surface area contributed by atoms with Crippen LogP contribution in [0.1, 0.15) is 27.0 Å². The SMILES string of the molecule is C=C(C)CNC(=O)c1cc(C)sc1C. The molecule has 0 atom stereocenters. The van der Waals surface area contributed by atoms with Crippen LogP contribution in [0.15, 0.2) is 18.2 Å². The molecule has 1 aromatic heterocycles. The molecule has 1 amide bonds. The predicted octanol–water partition coefficient (Wildman–Crippen LogP) is 2.67. The number of hydrogen-bond acceptors (Lipinski definition) is 2. The molecule has 0 saturated carbocycles. The number of thiophene rings is 1. The minimum absolute atomic E-state index is 0.00477. The summed E-state index contributed by atoms with van der Waals surface area (Å²) in [5.74, 6) is -0.00477. The third kappa shape index (κ3) is 2.70. The molecule has 0 aliphatic heterocycles. The first-order valence-corrected chi connectivity index (χ1v) is 5.32. The zero-order chi connectivity index (χ0) is 10.7. The van der Waals surface area contributed by atoms with Gasteiger partial charge in [0.25, 0.3) is 5.91 Å². The van der Waals surface area contributed by atoms with Crippen LogP contribution in [0, 0.1) is 13.8 Å². The van der Waals surface area contributed by atoms with E-state index in [1.54, 1.807) is 11.3 Å². The van der Waals surface area contributed by atoms with Crippen molar-refractivity contribution in [3.8, 4) is 0 Å². The number of hydrogen-bond donors (Lipinski definition) is 1. The Morgan fingerprint density at radius 2 is 2.21 bits per heavy atom. The third-order valence-electron chi connectivity index (χ3n) is 1.84. The lowest BCUT2D eigenvalue weighted by molar-refractivity contribution is 0.0957. The van der Waals surface area contributed by atoms with Crippen LogP contribution in [0.2, 0.25) is 0 Å². The second-order valence-corrected chi connectivity index (χ2v) is 4.93. The minimum atomic E-state index is -0.00477. The van der Waals surface area contributed by atoms with E-state index in [0.29, 0.717) is 6.54 Å². The smallest absolute Gasteiger partial charge is 0.252 e. The maximum atomic E-state index is 11.6. The van der Waals surface area contributed by atoms with Crippen LogP contribution >= 0.6 is 11.3 Å². The van der Waals surface area contributed by atoms with Crippen molar-refractivity contribution in [2.75, 3.05) is 6.54 Å². The lowest BCUT2D eigenvalue weighted by atomic mass is 10.2. The number of carbonyl (C=O) groups excluding carboxylic acids is 1. The standard InChI is InChI=1S/C11H15NOS/c1-7(2)6-12-11(13)10-5-8(3)14-9(10)4/h5H,1,6H2,2-4H3,(H,12,13). The number of rotatable bonds is 3. The first-order chi connectivity index (χ1) is 6.50. The molecule has 0 spiro atoms. The van der Waals surface area contributed by atoms with E-state index >= 15 is 0 Å². The molecule has 1 N–H and O–H groups in total. The highest BCUT2D eigenvalue weighted by molar-refractivity contribution is 7.12. The zero-order valence-electron chi connectivity index (χ0n) is 8.81. The number of amides is 1. The molecule has 0 unspecified atom stereocenters. The van der Waals surface area contributed by atoms with E-state index in [-0.39, 0.29) is 5.91 Å². The largest absolute Gasteiger partial charge is 0.348 e. The summed E-state index contributed by atoms with van der Waals surface area (Å²) in [7, 11) is 0. The van der Waals surface area contributed by atoms with Gasteiger partial charge in [0.05, 0.1) is 5.56 Å². The maximum absolute atomic E-state index is 11.6. The van der Waals surface area contributed by atoms with E-state index in [0.717, 1.165) is 16.0 Å². The molecule has 76 valence electrons. The highest BCUT2D eigenvalue weighted by Gasteiger charge is 2.10. The Labute approximate surface area is 88.6 Å². The van der Waals surface area contributed by atoms with Gasteiger partial charge in [0.15, 0.2) is 0 Å². The first-order valence-electron chi connectivity index (χ1n) is 4.50. The van der Waals surface area contributed by atoms with Crippen molar-refractivity contribution in [3.05, 3.63) is 33.5 Å². The fraction of sp³-hybridized carbons (Fsp3) is 0.364. The van der Waals surface area contributed by atoms with Gasteiger partial charge in [-0.25, -0.2) is 0 Å². The molecule has 0 fully saturated rings. The van der Waals surface area contributed by atoms with E-state index in [9.17, 15) is 4.79 Å². The molecule has 14 heavy (non-hydrogen) atoms. The van der Waals surface area contributed by atoms with Gasteiger partial charge in [-0.1, -0.05) is 12.2 Å². The summed E-state index contributed by atoms with van der Waals surface area (Å²) in [6.45, 7) is 10.2. The van der Waals surface area contributed by atoms with Crippen LogP contribution in [-0.4, -0.2) is 12.5 Å². The Morgan fingerprint density at radius 1 is 1.57 bits per heavy atom. The first kappa shape index (κ1) is 11.0. The van der Waals surface area contributed by atoms with Crippen molar-refractivity contribution in [3.63, 3.8) is 0 Å². The van der Waals surface area contributed by atoms with E-state index < -0.39 is 0 Å². The van der Waals surface area contributed by atoms with Gasteiger partial charge in [-0.05, 0) is 26.8 Å². The van der Waals surface area contributed by atoms with E-state index in [1.807, 2.05) is 26.8 Å². The van der Waals surface area contributed by atoms with E-state index in [4.69, 9.17) is 0 Å². The van der Waals surface area contributed by atoms with Crippen LogP contribution in [0.5, 0.6) is 0 Å². The van der Waals surface area contributed by atoms with Crippen LogP contribution < -0.4 is 5.32 Å². The summed E-state index contributed by atoms with van der Waals surface area (Å²) in [6, 6.07) is 1.92. The molecule has 0 radical (unpaired) electrons. The van der Waals surface area contributed by atoms with Gasteiger partial charge in [0.2, 0.25) is 0 Å². The lowest BCUT2D eigenvalue weighted by Crippen LogP contribution is -2.24. The van der Waals surface area contributed by atoms with Gasteiger partial charge in [0, 0.05) is 16.3 Å². The van der Waals surface area contributed by atoms with Gasteiger partial charge in [-0.3, -0.25) is 4.79 Å². The van der Waals surface area contributed by atoms with Crippen molar-refractivity contribution >= 4 is 17.2 Å². The normalized spacial score (nSPS) is 9.93. The topological polar surface area (TPSA) is 29.1 Å². The Balaban J connectivity index is 2.69. The van der Waals surface area contributed by atoms with Gasteiger partial charge < -0.3 is 5.32 Å². The van der Waals surface area contributed by atoms with Crippen molar-refractivity contribution in [2.45, 2.75) is 20.8 Å². The zero-order valence-corrected chi connectivity index (χ0v) is 9.62. The van der Waals surface area contributed by atoms with Crippen molar-refractivity contribution in [2.24, 2.45) is 0 Å². The minimum Gasteiger partial charge on any atom is -0.348 e. The second kappa shape index (κ2) is 4.42. The molecule has 1 heterocycles. The molecular weight excluding hydrogens is 194 g/mol. The fourth-order valence-electron chi connectivity index (χ4n) is 1.18. The highest BCUT2D eigenvalue weighted by Crippen LogP contribution is 2.20. The van der Waals surface area contributed by atoms with Gasteiger partial charge >= 0.3 is 0 Å². The Hall–Kier alpha value is -1.09. The van der Waals surface area contributed by atoms with Crippen molar-refractivity contribution in [1.82, 2.24) is 5.32 Å². The third-order valence-corrected chi connectivity index (χ3v) is 2.80. The van der Waals surface area contributed by atoms with Gasteiger partial charge in [-0.15, -0.1) is 11.3 Å². The Kier molecular flexibility index (Phi) is 3.47. The molecule has 0 aromatic carbocycles. The van der Waals surface area contributed by atoms with E-state index in [1.165, 1.54) is 4.88 Å². The second-order valence-electron chi connectivity index (χ2n) is 3.47. The highest BCUT2D eigenvalue weighted by atomic mass is 32.1. The Bertz CT molecular complexity index is 365. The van der Waals surface area contributed by atoms with Crippen LogP contribution in [0.25, 0.3) is 0 Å². The molecule has 3 heteroatoms. The molecule has 1 aromatic rings. The average Bonchev–Trinajstić information content (AvgIpc) is 2.41.